The van der Waals surface area contributed by atoms with E-state index in [0.717, 1.165) is 12.1 Å². The second kappa shape index (κ2) is 7.20. The molecule has 1 aliphatic heterocycles. The summed E-state index contributed by atoms with van der Waals surface area (Å²) in [5, 5.41) is 3.56. The molecule has 3 nitrogen and oxygen atoms in total. The molecule has 0 aromatic heterocycles. The van der Waals surface area contributed by atoms with Crippen molar-refractivity contribution in [2.45, 2.75) is 25.5 Å². The maximum atomic E-state index is 13.4. The van der Waals surface area contributed by atoms with E-state index < -0.39 is 0 Å². The van der Waals surface area contributed by atoms with Gasteiger partial charge < -0.3 is 14.8 Å². The van der Waals surface area contributed by atoms with Gasteiger partial charge in [0.1, 0.15) is 5.82 Å². The van der Waals surface area contributed by atoms with Crippen LogP contribution in [0.2, 0.25) is 5.02 Å². The molecule has 0 spiro atoms. The predicted molar refractivity (Wildman–Crippen MR) is 73.1 cm³/mol. The molecule has 0 bridgehead atoms. The van der Waals surface area contributed by atoms with Gasteiger partial charge in [0.15, 0.2) is 0 Å². The second-order valence-electron chi connectivity index (χ2n) is 4.57. The fourth-order valence-corrected chi connectivity index (χ4v) is 2.48. The van der Waals surface area contributed by atoms with Gasteiger partial charge in [0.05, 0.1) is 30.9 Å². The molecule has 0 aliphatic carbocycles. The van der Waals surface area contributed by atoms with E-state index in [9.17, 15) is 4.39 Å². The zero-order valence-electron chi connectivity index (χ0n) is 11.0. The fraction of sp³-hybridized carbons (Fsp3) is 0.571. The predicted octanol–water partition coefficient (Wildman–Crippen LogP) is 2.42. The summed E-state index contributed by atoms with van der Waals surface area (Å²) >= 11 is 6.00. The van der Waals surface area contributed by atoms with Crippen LogP contribution in [-0.4, -0.2) is 38.5 Å². The normalized spacial score (nSPS) is 21.3. The lowest BCUT2D eigenvalue weighted by molar-refractivity contribution is -0.101. The van der Waals surface area contributed by atoms with Crippen LogP contribution >= 0.6 is 11.6 Å². The highest BCUT2D eigenvalue weighted by Crippen LogP contribution is 2.22. The molecule has 1 aromatic rings. The van der Waals surface area contributed by atoms with Crippen LogP contribution in [0.1, 0.15) is 12.5 Å². The molecule has 1 N–H and O–H groups in total. The zero-order valence-corrected chi connectivity index (χ0v) is 11.8. The third-order valence-electron chi connectivity index (χ3n) is 3.23. The highest BCUT2D eigenvalue weighted by atomic mass is 35.5. The van der Waals surface area contributed by atoms with Gasteiger partial charge in [-0.2, -0.15) is 0 Å². The van der Waals surface area contributed by atoms with Crippen molar-refractivity contribution in [1.29, 1.82) is 0 Å². The smallest absolute Gasteiger partial charge is 0.142 e. The van der Waals surface area contributed by atoms with E-state index in [0.29, 0.717) is 26.2 Å². The molecule has 0 saturated carbocycles. The molecule has 1 heterocycles. The molecule has 1 saturated heterocycles. The Hall–Kier alpha value is -0.680. The molecule has 0 amide bonds. The standard InChI is InChI=1S/C14H19ClFNO2/c1-2-17-12(13-9-18-6-7-19-13)8-10-4-3-5-11(16)14(10)15/h3-5,12-13,17H,2,6-9H2,1H3. The molecule has 2 rings (SSSR count). The van der Waals surface area contributed by atoms with E-state index in [1.54, 1.807) is 6.07 Å². The van der Waals surface area contributed by atoms with Gasteiger partial charge in [-0.3, -0.25) is 0 Å². The summed E-state index contributed by atoms with van der Waals surface area (Å²) in [5.74, 6) is -0.379. The van der Waals surface area contributed by atoms with Crippen molar-refractivity contribution >= 4 is 11.6 Å². The summed E-state index contributed by atoms with van der Waals surface area (Å²) in [6.07, 6.45) is 0.603. The zero-order chi connectivity index (χ0) is 13.7. The summed E-state index contributed by atoms with van der Waals surface area (Å²) in [7, 11) is 0. The first-order chi connectivity index (χ1) is 9.22. The van der Waals surface area contributed by atoms with E-state index in [1.807, 2.05) is 13.0 Å². The van der Waals surface area contributed by atoms with Gasteiger partial charge in [0.2, 0.25) is 0 Å². The van der Waals surface area contributed by atoms with E-state index >= 15 is 0 Å². The lowest BCUT2D eigenvalue weighted by Gasteiger charge is -2.31. The number of ether oxygens (including phenoxy) is 2. The largest absolute Gasteiger partial charge is 0.376 e. The van der Waals surface area contributed by atoms with Crippen molar-refractivity contribution in [2.75, 3.05) is 26.4 Å². The van der Waals surface area contributed by atoms with Crippen molar-refractivity contribution in [1.82, 2.24) is 5.32 Å². The molecule has 0 radical (unpaired) electrons. The summed E-state index contributed by atoms with van der Waals surface area (Å²) in [5.41, 5.74) is 0.793. The third-order valence-corrected chi connectivity index (χ3v) is 3.65. The van der Waals surface area contributed by atoms with Gasteiger partial charge in [-0.1, -0.05) is 30.7 Å². The van der Waals surface area contributed by atoms with E-state index in [1.165, 1.54) is 6.07 Å². The van der Waals surface area contributed by atoms with Gasteiger partial charge >= 0.3 is 0 Å². The summed E-state index contributed by atoms with van der Waals surface area (Å²) < 4.78 is 24.6. The summed E-state index contributed by atoms with van der Waals surface area (Å²) in [4.78, 5) is 0. The number of halogens is 2. The molecular weight excluding hydrogens is 269 g/mol. The van der Waals surface area contributed by atoms with Crippen molar-refractivity contribution in [3.8, 4) is 0 Å². The van der Waals surface area contributed by atoms with Crippen LogP contribution in [0.25, 0.3) is 0 Å². The Labute approximate surface area is 118 Å². The van der Waals surface area contributed by atoms with Gasteiger partial charge in [-0.15, -0.1) is 0 Å². The second-order valence-corrected chi connectivity index (χ2v) is 4.94. The Bertz CT molecular complexity index is 410. The minimum absolute atomic E-state index is 0.0203. The Morgan fingerprint density at radius 1 is 1.47 bits per heavy atom. The minimum atomic E-state index is -0.379. The quantitative estimate of drug-likeness (QED) is 0.902. The monoisotopic (exact) mass is 287 g/mol. The Morgan fingerprint density at radius 3 is 3.00 bits per heavy atom. The first kappa shape index (κ1) is 14.7. The molecule has 2 unspecified atom stereocenters. The molecule has 106 valence electrons. The van der Waals surface area contributed by atoms with Crippen LogP contribution in [0, 0.1) is 5.82 Å². The number of nitrogens with one attached hydrogen (secondary N) is 1. The van der Waals surface area contributed by atoms with Crippen LogP contribution < -0.4 is 5.32 Å². The SMILES string of the molecule is CCNC(Cc1cccc(F)c1Cl)C1COCCO1. The van der Waals surface area contributed by atoms with Crippen molar-refractivity contribution < 1.29 is 13.9 Å². The molecule has 2 atom stereocenters. The van der Waals surface area contributed by atoms with E-state index in [2.05, 4.69) is 5.32 Å². The summed E-state index contributed by atoms with van der Waals surface area (Å²) in [6, 6.07) is 4.97. The third kappa shape index (κ3) is 3.89. The lowest BCUT2D eigenvalue weighted by Crippen LogP contribution is -2.47. The first-order valence-corrected chi connectivity index (χ1v) is 6.95. The van der Waals surface area contributed by atoms with Crippen LogP contribution in [0.3, 0.4) is 0 Å². The number of hydrogen-bond acceptors (Lipinski definition) is 3. The average Bonchev–Trinajstić information content (AvgIpc) is 2.44. The summed E-state index contributed by atoms with van der Waals surface area (Å²) in [6.45, 7) is 4.64. The van der Waals surface area contributed by atoms with Gasteiger partial charge in [-0.05, 0) is 24.6 Å². The minimum Gasteiger partial charge on any atom is -0.376 e. The molecule has 1 fully saturated rings. The number of benzene rings is 1. The van der Waals surface area contributed by atoms with E-state index in [4.69, 9.17) is 21.1 Å². The Kier molecular flexibility index (Phi) is 5.58. The first-order valence-electron chi connectivity index (χ1n) is 6.58. The van der Waals surface area contributed by atoms with Gasteiger partial charge in [0.25, 0.3) is 0 Å². The maximum Gasteiger partial charge on any atom is 0.142 e. The highest BCUT2D eigenvalue weighted by Gasteiger charge is 2.25. The van der Waals surface area contributed by atoms with Crippen LogP contribution in [0.4, 0.5) is 4.39 Å². The molecular formula is C14H19ClFNO2. The molecule has 19 heavy (non-hydrogen) atoms. The Morgan fingerprint density at radius 2 is 2.32 bits per heavy atom. The number of likely N-dealkylation sites (N-methyl/N-ethyl adjacent to an activating group) is 1. The highest BCUT2D eigenvalue weighted by molar-refractivity contribution is 6.31. The topological polar surface area (TPSA) is 30.5 Å². The van der Waals surface area contributed by atoms with Crippen molar-refractivity contribution in [3.63, 3.8) is 0 Å². The average molecular weight is 288 g/mol. The maximum absolute atomic E-state index is 13.4. The van der Waals surface area contributed by atoms with Crippen LogP contribution in [-0.2, 0) is 15.9 Å². The van der Waals surface area contributed by atoms with Crippen LogP contribution in [0.5, 0.6) is 0 Å². The fourth-order valence-electron chi connectivity index (χ4n) is 2.28. The van der Waals surface area contributed by atoms with Crippen molar-refractivity contribution in [2.24, 2.45) is 0 Å². The van der Waals surface area contributed by atoms with Gasteiger partial charge in [-0.25, -0.2) is 4.39 Å². The Balaban J connectivity index is 2.08. The van der Waals surface area contributed by atoms with E-state index in [-0.39, 0.29) is 23.0 Å². The molecule has 1 aliphatic rings. The van der Waals surface area contributed by atoms with Crippen LogP contribution in [0.15, 0.2) is 18.2 Å². The number of rotatable bonds is 5. The molecule has 1 aromatic carbocycles. The van der Waals surface area contributed by atoms with Crippen molar-refractivity contribution in [3.05, 3.63) is 34.6 Å². The number of hydrogen-bond donors (Lipinski definition) is 1. The molecule has 5 heteroatoms. The van der Waals surface area contributed by atoms with Gasteiger partial charge in [0, 0.05) is 6.04 Å². The lowest BCUT2D eigenvalue weighted by atomic mass is 10.0.